The smallest absolute Gasteiger partial charge is 0.134 e. The minimum Gasteiger partial charge on any atom is -0.495 e. The fraction of sp³-hybridized carbons (Fsp3) is 0.154. The minimum atomic E-state index is 0.751. The number of thiocarbonyl (C=S) groups is 1. The van der Waals surface area contributed by atoms with Gasteiger partial charge in [0.1, 0.15) is 5.75 Å². The Hall–Kier alpha value is -1.41. The zero-order chi connectivity index (χ0) is 10.7. The number of methoxy groups -OCH3 is 1. The Kier molecular flexibility index (Phi) is 2.97. The number of hydrogen-bond acceptors (Lipinski definition) is 2. The molecular formula is C13H11OS. The second-order valence-electron chi connectivity index (χ2n) is 3.25. The van der Waals surface area contributed by atoms with Gasteiger partial charge >= 0.3 is 0 Å². The molecule has 1 aromatic rings. The summed E-state index contributed by atoms with van der Waals surface area (Å²) in [4.78, 5) is 0.954. The summed E-state index contributed by atoms with van der Waals surface area (Å²) in [6, 6.07) is 8.85. The first-order valence-electron chi connectivity index (χ1n) is 4.78. The van der Waals surface area contributed by atoms with Crippen LogP contribution in [-0.2, 0) is 0 Å². The van der Waals surface area contributed by atoms with Crippen LogP contribution in [0.2, 0.25) is 0 Å². The van der Waals surface area contributed by atoms with E-state index in [1.165, 1.54) is 0 Å². The third kappa shape index (κ3) is 2.00. The van der Waals surface area contributed by atoms with Gasteiger partial charge < -0.3 is 4.74 Å². The van der Waals surface area contributed by atoms with E-state index in [9.17, 15) is 0 Å². The number of hydrogen-bond donors (Lipinski definition) is 0. The molecule has 0 atom stereocenters. The Bertz CT molecular complexity index is 444. The summed E-state index contributed by atoms with van der Waals surface area (Å²) < 4.78 is 5.27. The molecule has 0 aromatic heterocycles. The Labute approximate surface area is 95.1 Å². The predicted molar refractivity (Wildman–Crippen MR) is 66.2 cm³/mol. The van der Waals surface area contributed by atoms with E-state index < -0.39 is 0 Å². The first-order chi connectivity index (χ1) is 7.33. The molecule has 1 aliphatic carbocycles. The molecule has 0 saturated carbocycles. The lowest BCUT2D eigenvalue weighted by Gasteiger charge is -2.13. The van der Waals surface area contributed by atoms with Crippen LogP contribution in [0, 0.1) is 6.07 Å². The van der Waals surface area contributed by atoms with Crippen molar-refractivity contribution in [3.8, 4) is 5.75 Å². The van der Waals surface area contributed by atoms with E-state index in [-0.39, 0.29) is 0 Å². The lowest BCUT2D eigenvalue weighted by Crippen LogP contribution is -2.02. The quantitative estimate of drug-likeness (QED) is 0.701. The van der Waals surface area contributed by atoms with Crippen LogP contribution < -0.4 is 4.74 Å². The Morgan fingerprint density at radius 2 is 2.33 bits per heavy atom. The highest BCUT2D eigenvalue weighted by atomic mass is 32.1. The minimum absolute atomic E-state index is 0.751. The molecule has 15 heavy (non-hydrogen) atoms. The van der Waals surface area contributed by atoms with Gasteiger partial charge in [-0.3, -0.25) is 0 Å². The van der Waals surface area contributed by atoms with Gasteiger partial charge in [0.05, 0.1) is 7.11 Å². The molecular weight excluding hydrogens is 204 g/mol. The van der Waals surface area contributed by atoms with Gasteiger partial charge in [0.15, 0.2) is 0 Å². The van der Waals surface area contributed by atoms with E-state index in [1.807, 2.05) is 30.4 Å². The van der Waals surface area contributed by atoms with E-state index in [2.05, 4.69) is 12.1 Å². The second-order valence-corrected chi connectivity index (χ2v) is 3.75. The van der Waals surface area contributed by atoms with Crippen LogP contribution in [-0.4, -0.2) is 12.0 Å². The predicted octanol–water partition coefficient (Wildman–Crippen LogP) is 3.21. The van der Waals surface area contributed by atoms with Gasteiger partial charge in [-0.05, 0) is 5.57 Å². The molecule has 0 unspecified atom stereocenters. The maximum atomic E-state index is 5.33. The van der Waals surface area contributed by atoms with Crippen LogP contribution >= 0.6 is 12.2 Å². The van der Waals surface area contributed by atoms with Crippen LogP contribution in [0.15, 0.2) is 36.4 Å². The first kappa shape index (κ1) is 10.1. The number of allylic oxidation sites excluding steroid dienone is 4. The highest BCUT2D eigenvalue weighted by Crippen LogP contribution is 2.29. The van der Waals surface area contributed by atoms with Gasteiger partial charge in [0, 0.05) is 22.9 Å². The van der Waals surface area contributed by atoms with Crippen molar-refractivity contribution >= 4 is 22.7 Å². The van der Waals surface area contributed by atoms with Crippen LogP contribution in [0.1, 0.15) is 12.0 Å². The number of ether oxygens (including phenoxy) is 1. The Morgan fingerprint density at radius 1 is 1.47 bits per heavy atom. The molecule has 0 N–H and O–H groups in total. The monoisotopic (exact) mass is 215 g/mol. The van der Waals surface area contributed by atoms with Gasteiger partial charge in [0.25, 0.3) is 0 Å². The molecule has 0 fully saturated rings. The molecule has 0 amide bonds. The van der Waals surface area contributed by atoms with Gasteiger partial charge in [-0.15, -0.1) is 0 Å². The molecule has 1 aliphatic rings. The third-order valence-corrected chi connectivity index (χ3v) is 2.70. The largest absolute Gasteiger partial charge is 0.495 e. The van der Waals surface area contributed by atoms with E-state index in [0.717, 1.165) is 28.2 Å². The topological polar surface area (TPSA) is 9.23 Å². The zero-order valence-electron chi connectivity index (χ0n) is 8.49. The molecule has 2 heteroatoms. The van der Waals surface area contributed by atoms with Gasteiger partial charge in [-0.1, -0.05) is 48.6 Å². The SMILES string of the molecule is COc1[c]cccc1C1=CC=CCC1=S. The Morgan fingerprint density at radius 3 is 3.07 bits per heavy atom. The van der Waals surface area contributed by atoms with Crippen molar-refractivity contribution < 1.29 is 4.74 Å². The fourth-order valence-corrected chi connectivity index (χ4v) is 1.86. The average molecular weight is 215 g/mol. The summed E-state index contributed by atoms with van der Waals surface area (Å²) in [5.41, 5.74) is 2.09. The third-order valence-electron chi connectivity index (χ3n) is 2.32. The normalized spacial score (nSPS) is 15.0. The maximum absolute atomic E-state index is 5.33. The zero-order valence-corrected chi connectivity index (χ0v) is 9.30. The average Bonchev–Trinajstić information content (AvgIpc) is 2.30. The molecule has 1 radical (unpaired) electrons. The highest BCUT2D eigenvalue weighted by molar-refractivity contribution is 7.81. The number of benzene rings is 1. The standard InChI is InChI=1S/C13H11OS/c1-14-12-8-4-2-6-10(12)11-7-3-5-9-13(11)15/h2-7H,9H2,1H3. The molecule has 0 bridgehead atoms. The van der Waals surface area contributed by atoms with E-state index in [1.54, 1.807) is 7.11 Å². The van der Waals surface area contributed by atoms with Crippen molar-refractivity contribution in [2.75, 3.05) is 7.11 Å². The van der Waals surface area contributed by atoms with Crippen molar-refractivity contribution in [3.05, 3.63) is 48.1 Å². The molecule has 1 nitrogen and oxygen atoms in total. The summed E-state index contributed by atoms with van der Waals surface area (Å²) in [6.45, 7) is 0. The van der Waals surface area contributed by atoms with Gasteiger partial charge in [-0.2, -0.15) is 0 Å². The molecule has 0 spiro atoms. The molecule has 75 valence electrons. The molecule has 0 heterocycles. The van der Waals surface area contributed by atoms with Crippen molar-refractivity contribution in [2.45, 2.75) is 6.42 Å². The van der Waals surface area contributed by atoms with Crippen molar-refractivity contribution in [2.24, 2.45) is 0 Å². The highest BCUT2D eigenvalue weighted by Gasteiger charge is 2.12. The molecule has 1 aromatic carbocycles. The molecule has 0 aliphatic heterocycles. The summed E-state index contributed by atoms with van der Waals surface area (Å²) in [7, 11) is 1.65. The van der Waals surface area contributed by atoms with Crippen molar-refractivity contribution in [1.29, 1.82) is 0 Å². The summed E-state index contributed by atoms with van der Waals surface area (Å²) in [6.07, 6.45) is 6.94. The maximum Gasteiger partial charge on any atom is 0.134 e. The Balaban J connectivity index is 2.48. The number of rotatable bonds is 2. The van der Waals surface area contributed by atoms with Crippen LogP contribution in [0.5, 0.6) is 5.75 Å². The van der Waals surface area contributed by atoms with Crippen LogP contribution in [0.3, 0.4) is 0 Å². The lowest BCUT2D eigenvalue weighted by molar-refractivity contribution is 0.413. The van der Waals surface area contributed by atoms with Crippen molar-refractivity contribution in [3.63, 3.8) is 0 Å². The van der Waals surface area contributed by atoms with Crippen LogP contribution in [0.4, 0.5) is 0 Å². The molecule has 0 saturated heterocycles. The summed E-state index contributed by atoms with van der Waals surface area (Å²) in [5, 5.41) is 0. The van der Waals surface area contributed by atoms with Gasteiger partial charge in [-0.25, -0.2) is 0 Å². The summed E-state index contributed by atoms with van der Waals surface area (Å²) >= 11 is 5.33. The lowest BCUT2D eigenvalue weighted by atomic mass is 9.96. The van der Waals surface area contributed by atoms with Crippen LogP contribution in [0.25, 0.3) is 5.57 Å². The van der Waals surface area contributed by atoms with E-state index >= 15 is 0 Å². The van der Waals surface area contributed by atoms with Gasteiger partial charge in [0.2, 0.25) is 0 Å². The fourth-order valence-electron chi connectivity index (χ4n) is 1.58. The van der Waals surface area contributed by atoms with Crippen molar-refractivity contribution in [1.82, 2.24) is 0 Å². The number of para-hydroxylation sites is 1. The summed E-state index contributed by atoms with van der Waals surface area (Å²) in [5.74, 6) is 0.751. The van der Waals surface area contributed by atoms with E-state index in [0.29, 0.717) is 0 Å². The molecule has 2 rings (SSSR count). The first-order valence-corrected chi connectivity index (χ1v) is 5.19. The second kappa shape index (κ2) is 4.41. The van der Waals surface area contributed by atoms with E-state index in [4.69, 9.17) is 17.0 Å².